The molecule has 1 aromatic heterocycles. The largest absolute Gasteiger partial charge is 0.457 e. The van der Waals surface area contributed by atoms with Gasteiger partial charge in [-0.15, -0.1) is 0 Å². The number of carbonyl (C=O) groups is 2. The summed E-state index contributed by atoms with van der Waals surface area (Å²) in [6.45, 7) is 26.2. The number of carbonyl (C=O) groups excluding carboxylic acids is 2. The molecule has 0 bridgehead atoms. The van der Waals surface area contributed by atoms with Gasteiger partial charge in [0.05, 0.1) is 31.1 Å². The summed E-state index contributed by atoms with van der Waals surface area (Å²) in [5, 5.41) is 4.60. The Hall–Kier alpha value is -4.07. The molecule has 4 aromatic rings. The minimum atomic E-state index is -0.361. The molecule has 0 radical (unpaired) electrons. The van der Waals surface area contributed by atoms with Crippen LogP contribution in [0.25, 0.3) is 11.3 Å². The van der Waals surface area contributed by atoms with Crippen molar-refractivity contribution in [1.82, 2.24) is 9.78 Å². The summed E-state index contributed by atoms with van der Waals surface area (Å²) in [5.41, 5.74) is 4.68. The molecule has 7 heteroatoms. The normalized spacial score (nSPS) is 12.2. The Morgan fingerprint density at radius 2 is 1.18 bits per heavy atom. The van der Waals surface area contributed by atoms with Gasteiger partial charge in [0.2, 0.25) is 0 Å². The van der Waals surface area contributed by atoms with E-state index in [1.54, 1.807) is 0 Å². The van der Waals surface area contributed by atoms with E-state index in [0.29, 0.717) is 19.6 Å². The van der Waals surface area contributed by atoms with E-state index in [4.69, 9.17) is 14.2 Å². The third-order valence-corrected chi connectivity index (χ3v) is 8.16. The molecule has 0 saturated carbocycles. The molecule has 3 aromatic carbocycles. The van der Waals surface area contributed by atoms with Gasteiger partial charge in [-0.3, -0.25) is 14.3 Å². The van der Waals surface area contributed by atoms with E-state index >= 15 is 0 Å². The molecule has 51 heavy (non-hydrogen) atoms. The van der Waals surface area contributed by atoms with Crippen LogP contribution in [0.3, 0.4) is 0 Å². The first-order valence-corrected chi connectivity index (χ1v) is 17.9. The van der Waals surface area contributed by atoms with Gasteiger partial charge in [0.25, 0.3) is 0 Å². The van der Waals surface area contributed by atoms with Crippen molar-refractivity contribution in [2.24, 2.45) is 10.8 Å². The molecular formula is C44H60N2O5. The van der Waals surface area contributed by atoms with Crippen molar-refractivity contribution in [3.05, 3.63) is 102 Å². The van der Waals surface area contributed by atoms with Crippen LogP contribution in [-0.2, 0) is 44.1 Å². The summed E-state index contributed by atoms with van der Waals surface area (Å²) in [4.78, 5) is 24.0. The van der Waals surface area contributed by atoms with E-state index in [2.05, 4.69) is 38.0 Å². The molecule has 0 saturated heterocycles. The third-order valence-electron chi connectivity index (χ3n) is 8.16. The molecule has 0 N–H and O–H groups in total. The van der Waals surface area contributed by atoms with Gasteiger partial charge in [-0.2, -0.15) is 5.10 Å². The Balaban J connectivity index is 0.000000276. The van der Waals surface area contributed by atoms with Crippen LogP contribution in [0.1, 0.15) is 99.8 Å². The van der Waals surface area contributed by atoms with Gasteiger partial charge >= 0.3 is 0 Å². The number of ether oxygens (including phenoxy) is 3. The standard InChI is InChI=1S/C23H30O3.C21H30N2O2/c1-22(2,3)18-9-13-20(14-10-18)26-19-11-7-17(8-12-19)15-25-16-21(24)23(4,5)6;1-20(2,3)19(24)15-16-7-9-17(10-8-16)18-11-12-23(22-18)13-14-25-21(4,5)6/h7-14H,15-16H2,1-6H3;7-12H,13-15H2,1-6H3. The molecule has 0 fully saturated rings. The lowest BCUT2D eigenvalue weighted by Crippen LogP contribution is -2.24. The molecule has 0 aliphatic rings. The van der Waals surface area contributed by atoms with E-state index in [1.165, 1.54) is 5.56 Å². The van der Waals surface area contributed by atoms with Crippen molar-refractivity contribution in [2.45, 2.75) is 114 Å². The number of aromatic nitrogens is 2. The van der Waals surface area contributed by atoms with Crippen LogP contribution in [0.5, 0.6) is 11.5 Å². The van der Waals surface area contributed by atoms with Crippen molar-refractivity contribution < 1.29 is 23.8 Å². The number of nitrogens with zero attached hydrogens (tertiary/aromatic N) is 2. The third kappa shape index (κ3) is 14.6. The fourth-order valence-electron chi connectivity index (χ4n) is 4.62. The first kappa shape index (κ1) is 41.4. The second kappa shape index (κ2) is 17.4. The maximum Gasteiger partial charge on any atom is 0.163 e. The number of ketones is 2. The van der Waals surface area contributed by atoms with Gasteiger partial charge in [-0.05, 0) is 73.2 Å². The summed E-state index contributed by atoms with van der Waals surface area (Å²) in [6.07, 6.45) is 2.45. The molecular weight excluding hydrogens is 636 g/mol. The molecule has 0 aliphatic carbocycles. The highest BCUT2D eigenvalue weighted by Gasteiger charge is 2.22. The number of Topliss-reactive ketones (excluding diaryl/α,β-unsaturated/α-hetero) is 2. The predicted octanol–water partition coefficient (Wildman–Crippen LogP) is 10.4. The SMILES string of the molecule is CC(C)(C)C(=O)COCc1ccc(Oc2ccc(C(C)(C)C)cc2)cc1.CC(C)(C)OCCn1ccc(-c2ccc(CC(=O)C(C)(C)C)cc2)n1. The summed E-state index contributed by atoms with van der Waals surface area (Å²) >= 11 is 0. The molecule has 0 aliphatic heterocycles. The quantitative estimate of drug-likeness (QED) is 0.147. The highest BCUT2D eigenvalue weighted by Crippen LogP contribution is 2.27. The maximum atomic E-state index is 12.1. The first-order chi connectivity index (χ1) is 23.6. The van der Waals surface area contributed by atoms with Crippen molar-refractivity contribution in [1.29, 1.82) is 0 Å². The zero-order valence-corrected chi connectivity index (χ0v) is 33.1. The lowest BCUT2D eigenvalue weighted by Gasteiger charge is -2.19. The zero-order chi connectivity index (χ0) is 38.0. The van der Waals surface area contributed by atoms with Gasteiger partial charge < -0.3 is 14.2 Å². The van der Waals surface area contributed by atoms with Crippen molar-refractivity contribution >= 4 is 11.6 Å². The Morgan fingerprint density at radius 3 is 1.69 bits per heavy atom. The van der Waals surface area contributed by atoms with Gasteiger partial charge in [-0.25, -0.2) is 0 Å². The van der Waals surface area contributed by atoms with Crippen LogP contribution in [0.2, 0.25) is 0 Å². The molecule has 0 amide bonds. The van der Waals surface area contributed by atoms with Crippen LogP contribution in [0, 0.1) is 10.8 Å². The lowest BCUT2D eigenvalue weighted by molar-refractivity contribution is -0.131. The fraction of sp³-hybridized carbons (Fsp3) is 0.477. The smallest absolute Gasteiger partial charge is 0.163 e. The number of hydrogen-bond acceptors (Lipinski definition) is 6. The Morgan fingerprint density at radius 1 is 0.647 bits per heavy atom. The summed E-state index contributed by atoms with van der Waals surface area (Å²) < 4.78 is 19.1. The van der Waals surface area contributed by atoms with Crippen molar-refractivity contribution in [3.8, 4) is 22.8 Å². The summed E-state index contributed by atoms with van der Waals surface area (Å²) in [7, 11) is 0. The van der Waals surface area contributed by atoms with E-state index < -0.39 is 0 Å². The molecule has 0 unspecified atom stereocenters. The zero-order valence-electron chi connectivity index (χ0n) is 33.1. The van der Waals surface area contributed by atoms with E-state index in [-0.39, 0.29) is 40.0 Å². The average Bonchev–Trinajstić information content (AvgIpc) is 3.50. The average molecular weight is 697 g/mol. The Bertz CT molecular complexity index is 1670. The van der Waals surface area contributed by atoms with Gasteiger partial charge in [0, 0.05) is 29.0 Å². The maximum absolute atomic E-state index is 12.1. The van der Waals surface area contributed by atoms with Crippen LogP contribution in [0.4, 0.5) is 0 Å². The monoisotopic (exact) mass is 696 g/mol. The second-order valence-electron chi connectivity index (χ2n) is 17.2. The highest BCUT2D eigenvalue weighted by atomic mass is 16.5. The fourth-order valence-corrected chi connectivity index (χ4v) is 4.62. The topological polar surface area (TPSA) is 79.7 Å². The van der Waals surface area contributed by atoms with E-state index in [0.717, 1.165) is 40.4 Å². The lowest BCUT2D eigenvalue weighted by atomic mass is 9.87. The van der Waals surface area contributed by atoms with Crippen LogP contribution in [0.15, 0.2) is 85.1 Å². The molecule has 7 nitrogen and oxygen atoms in total. The first-order valence-electron chi connectivity index (χ1n) is 17.9. The van der Waals surface area contributed by atoms with Gasteiger partial charge in [0.1, 0.15) is 23.9 Å². The van der Waals surface area contributed by atoms with Crippen molar-refractivity contribution in [3.63, 3.8) is 0 Å². The summed E-state index contributed by atoms with van der Waals surface area (Å²) in [5.74, 6) is 1.96. The summed E-state index contributed by atoms with van der Waals surface area (Å²) in [6, 6.07) is 26.0. The minimum absolute atomic E-state index is 0.108. The van der Waals surface area contributed by atoms with Crippen molar-refractivity contribution in [2.75, 3.05) is 13.2 Å². The molecule has 1 heterocycles. The molecule has 4 rings (SSSR count). The van der Waals surface area contributed by atoms with Gasteiger partial charge in [0.15, 0.2) is 5.78 Å². The Kier molecular flexibility index (Phi) is 14.1. The molecule has 276 valence electrons. The number of hydrogen-bond donors (Lipinski definition) is 0. The Labute approximate surface area is 306 Å². The highest BCUT2D eigenvalue weighted by molar-refractivity contribution is 5.86. The number of rotatable bonds is 12. The second-order valence-corrected chi connectivity index (χ2v) is 17.2. The number of benzene rings is 3. The van der Waals surface area contributed by atoms with Crippen LogP contribution >= 0.6 is 0 Å². The molecule has 0 atom stereocenters. The van der Waals surface area contributed by atoms with E-state index in [1.807, 2.05) is 140 Å². The van der Waals surface area contributed by atoms with Gasteiger partial charge in [-0.1, -0.05) is 111 Å². The van der Waals surface area contributed by atoms with E-state index in [9.17, 15) is 9.59 Å². The predicted molar refractivity (Wildman–Crippen MR) is 207 cm³/mol. The molecule has 0 spiro atoms. The minimum Gasteiger partial charge on any atom is -0.457 e. The van der Waals surface area contributed by atoms with Crippen LogP contribution in [-0.4, -0.2) is 40.2 Å². The van der Waals surface area contributed by atoms with Crippen LogP contribution < -0.4 is 4.74 Å².